The Morgan fingerprint density at radius 3 is 1.58 bits per heavy atom. The Bertz CT molecular complexity index is 479. The molecule has 0 aromatic heterocycles. The minimum atomic E-state index is -2.68. The lowest BCUT2D eigenvalue weighted by atomic mass is 9.73. The summed E-state index contributed by atoms with van der Waals surface area (Å²) in [5.74, 6) is 0.509. The van der Waals surface area contributed by atoms with Gasteiger partial charge in [-0.25, -0.2) is 0 Å². The van der Waals surface area contributed by atoms with Crippen LogP contribution >= 0.6 is 0 Å². The van der Waals surface area contributed by atoms with Gasteiger partial charge in [-0.3, -0.25) is 0 Å². The summed E-state index contributed by atoms with van der Waals surface area (Å²) in [6.07, 6.45) is 5.07. The monoisotopic (exact) mass is 509 g/mol. The molecule has 198 valence electrons. The molecule has 1 saturated carbocycles. The van der Waals surface area contributed by atoms with Crippen LogP contribution in [0, 0.1) is 11.8 Å². The molecule has 0 heterocycles. The maximum absolute atomic E-state index is 10.9. The fourth-order valence-electron chi connectivity index (χ4n) is 4.94. The highest BCUT2D eigenvalue weighted by Gasteiger charge is 2.45. The number of hydrogen-bond donors (Lipinski definition) is 2. The van der Waals surface area contributed by atoms with Crippen LogP contribution < -0.4 is 5.73 Å². The predicted octanol–water partition coefficient (Wildman–Crippen LogP) is 4.32. The minimum Gasteiger partial charge on any atom is -0.376 e. The molecule has 1 fully saturated rings. The van der Waals surface area contributed by atoms with Gasteiger partial charge in [0.2, 0.25) is 0 Å². The van der Waals surface area contributed by atoms with E-state index in [1.807, 2.05) is 41.5 Å². The molecule has 0 aromatic carbocycles. The van der Waals surface area contributed by atoms with Gasteiger partial charge in [0.05, 0.1) is 0 Å². The van der Waals surface area contributed by atoms with Crippen LogP contribution in [0.5, 0.6) is 0 Å². The van der Waals surface area contributed by atoms with E-state index < -0.39 is 23.3 Å². The minimum absolute atomic E-state index is 0.0372. The lowest BCUT2D eigenvalue weighted by Gasteiger charge is -2.41. The lowest BCUT2D eigenvalue weighted by Crippen LogP contribution is -2.51. The van der Waals surface area contributed by atoms with Crippen molar-refractivity contribution in [3.63, 3.8) is 0 Å². The smallest absolute Gasteiger partial charge is 0.376 e. The average Bonchev–Trinajstić information content (AvgIpc) is 2.75. The first-order valence-corrected chi connectivity index (χ1v) is 17.0. The highest BCUT2D eigenvalue weighted by Crippen LogP contribution is 2.40. The van der Waals surface area contributed by atoms with Gasteiger partial charge in [0, 0.05) is 57.6 Å². The Kier molecular flexibility index (Phi) is 15.1. The highest BCUT2D eigenvalue weighted by atomic mass is 28.4. The second-order valence-electron chi connectivity index (χ2n) is 8.72. The van der Waals surface area contributed by atoms with E-state index in [9.17, 15) is 5.11 Å². The van der Waals surface area contributed by atoms with Gasteiger partial charge in [0.1, 0.15) is 5.72 Å². The maximum atomic E-state index is 10.9. The third kappa shape index (κ3) is 10.3. The molecule has 8 nitrogen and oxygen atoms in total. The predicted molar refractivity (Wildman–Crippen MR) is 135 cm³/mol. The quantitative estimate of drug-likeness (QED) is 0.196. The molecule has 0 saturated heterocycles. The third-order valence-electron chi connectivity index (χ3n) is 6.36. The molecule has 33 heavy (non-hydrogen) atoms. The van der Waals surface area contributed by atoms with E-state index in [2.05, 4.69) is 0 Å². The van der Waals surface area contributed by atoms with Gasteiger partial charge >= 0.3 is 17.6 Å². The van der Waals surface area contributed by atoms with E-state index in [1.54, 1.807) is 0 Å². The molecule has 1 rings (SSSR count). The molecular weight excluding hydrogens is 458 g/mol. The van der Waals surface area contributed by atoms with Gasteiger partial charge in [-0.2, -0.15) is 0 Å². The van der Waals surface area contributed by atoms with Crippen molar-refractivity contribution in [1.29, 1.82) is 0 Å². The van der Waals surface area contributed by atoms with Crippen LogP contribution in [-0.4, -0.2) is 68.1 Å². The molecule has 10 heteroatoms. The second kappa shape index (κ2) is 16.0. The summed E-state index contributed by atoms with van der Waals surface area (Å²) in [6.45, 7) is 15.4. The Hall–Kier alpha value is 0.114. The van der Waals surface area contributed by atoms with Crippen LogP contribution in [-0.2, 0) is 26.6 Å². The zero-order chi connectivity index (χ0) is 24.8. The first-order valence-electron chi connectivity index (χ1n) is 13.1. The fourth-order valence-corrected chi connectivity index (χ4v) is 10.3. The molecule has 3 unspecified atom stereocenters. The Morgan fingerprint density at radius 1 is 0.727 bits per heavy atom. The molecule has 0 aromatic rings. The molecule has 1 aliphatic carbocycles. The van der Waals surface area contributed by atoms with E-state index in [-0.39, 0.29) is 5.92 Å². The van der Waals surface area contributed by atoms with Gasteiger partial charge in [0.15, 0.2) is 0 Å². The topological polar surface area (TPSA) is 102 Å². The molecule has 0 bridgehead atoms. The van der Waals surface area contributed by atoms with Crippen molar-refractivity contribution >= 4 is 17.6 Å². The summed E-state index contributed by atoms with van der Waals surface area (Å²) in [7, 11) is -5.33. The number of rotatable bonds is 19. The first kappa shape index (κ1) is 31.1. The van der Waals surface area contributed by atoms with Gasteiger partial charge in [-0.15, -0.1) is 0 Å². The molecule has 3 N–H and O–H groups in total. The zero-order valence-corrected chi connectivity index (χ0v) is 24.0. The second-order valence-corrected chi connectivity index (χ2v) is 14.2. The standard InChI is InChI=1S/C23H51NO7Si2/c1-7-26-32(27-8-2,28-9-3)18-13-14-22-20-21(15-17-23(22,24)25)16-19-33(29-10-4,30-11-5)31-12-6/h21-22,25H,7-20,24H2,1-6H3. The van der Waals surface area contributed by atoms with Crippen LogP contribution in [0.15, 0.2) is 0 Å². The summed E-state index contributed by atoms with van der Waals surface area (Å²) in [6, 6.07) is 1.55. The number of hydrogen-bond acceptors (Lipinski definition) is 8. The van der Waals surface area contributed by atoms with Crippen LogP contribution in [0.3, 0.4) is 0 Å². The van der Waals surface area contributed by atoms with E-state index >= 15 is 0 Å². The maximum Gasteiger partial charge on any atom is 0.500 e. The van der Waals surface area contributed by atoms with Crippen LogP contribution in [0.4, 0.5) is 0 Å². The van der Waals surface area contributed by atoms with Crippen LogP contribution in [0.1, 0.15) is 80.1 Å². The number of aliphatic hydroxyl groups is 1. The van der Waals surface area contributed by atoms with Crippen molar-refractivity contribution in [1.82, 2.24) is 0 Å². The van der Waals surface area contributed by atoms with Crippen LogP contribution in [0.2, 0.25) is 12.1 Å². The van der Waals surface area contributed by atoms with E-state index in [4.69, 9.17) is 32.3 Å². The van der Waals surface area contributed by atoms with E-state index in [0.29, 0.717) is 52.0 Å². The molecule has 0 aliphatic heterocycles. The van der Waals surface area contributed by atoms with Gasteiger partial charge in [-0.05, 0) is 86.0 Å². The summed E-state index contributed by atoms with van der Waals surface area (Å²) in [4.78, 5) is 0. The van der Waals surface area contributed by atoms with Crippen molar-refractivity contribution in [2.45, 2.75) is 97.9 Å². The van der Waals surface area contributed by atoms with Gasteiger partial charge < -0.3 is 37.4 Å². The summed E-state index contributed by atoms with van der Waals surface area (Å²) >= 11 is 0. The molecule has 0 spiro atoms. The summed E-state index contributed by atoms with van der Waals surface area (Å²) in [5, 5.41) is 10.9. The Balaban J connectivity index is 2.74. The summed E-state index contributed by atoms with van der Waals surface area (Å²) in [5.41, 5.74) is 5.22. The Morgan fingerprint density at radius 2 is 1.15 bits per heavy atom. The zero-order valence-electron chi connectivity index (χ0n) is 22.0. The first-order chi connectivity index (χ1) is 15.8. The molecule has 0 amide bonds. The van der Waals surface area contributed by atoms with Gasteiger partial charge in [0.25, 0.3) is 0 Å². The van der Waals surface area contributed by atoms with E-state index in [1.165, 1.54) is 0 Å². The molecule has 0 radical (unpaired) electrons. The van der Waals surface area contributed by atoms with Crippen molar-refractivity contribution in [2.75, 3.05) is 39.6 Å². The van der Waals surface area contributed by atoms with Crippen LogP contribution in [0.25, 0.3) is 0 Å². The van der Waals surface area contributed by atoms with Crippen molar-refractivity contribution in [2.24, 2.45) is 17.6 Å². The normalized spacial score (nSPS) is 24.4. The number of nitrogens with two attached hydrogens (primary N) is 1. The molecular formula is C23H51NO7Si2. The van der Waals surface area contributed by atoms with Gasteiger partial charge in [-0.1, -0.05) is 0 Å². The lowest BCUT2D eigenvalue weighted by molar-refractivity contribution is -0.0616. The SMILES string of the molecule is CCO[Si](CCCC1CC(CC[Si](OCC)(OCC)OCC)CCC1(N)O)(OCC)OCC. The fraction of sp³-hybridized carbons (Fsp3) is 1.00. The highest BCUT2D eigenvalue weighted by molar-refractivity contribution is 6.61. The Labute approximate surface area is 204 Å². The van der Waals surface area contributed by atoms with Crippen molar-refractivity contribution < 1.29 is 31.7 Å². The third-order valence-corrected chi connectivity index (χ3v) is 12.6. The van der Waals surface area contributed by atoms with E-state index in [0.717, 1.165) is 44.2 Å². The molecule has 1 aliphatic rings. The van der Waals surface area contributed by atoms with Crippen molar-refractivity contribution in [3.05, 3.63) is 0 Å². The average molecular weight is 510 g/mol. The largest absolute Gasteiger partial charge is 0.500 e. The summed E-state index contributed by atoms with van der Waals surface area (Å²) < 4.78 is 36.0. The molecule has 3 atom stereocenters. The van der Waals surface area contributed by atoms with Crippen molar-refractivity contribution in [3.8, 4) is 0 Å².